The smallest absolute Gasteiger partial charge is 0.313 e. The van der Waals surface area contributed by atoms with Crippen molar-refractivity contribution in [1.82, 2.24) is 4.90 Å². The zero-order valence-corrected chi connectivity index (χ0v) is 14.1. The van der Waals surface area contributed by atoms with Crippen molar-refractivity contribution in [3.63, 3.8) is 0 Å². The zero-order valence-electron chi connectivity index (χ0n) is 13.3. The molecule has 1 aromatic carbocycles. The Labute approximate surface area is 145 Å². The molecule has 126 valence electrons. The van der Waals surface area contributed by atoms with Gasteiger partial charge in [0, 0.05) is 11.6 Å². The molecule has 0 saturated carbocycles. The van der Waals surface area contributed by atoms with E-state index in [0.717, 1.165) is 5.56 Å². The molecule has 0 aromatic heterocycles. The number of aryl methyl sites for hydroxylation is 1. The molecule has 2 amide bonds. The number of halogens is 1. The third-order valence-corrected chi connectivity index (χ3v) is 4.73. The molecule has 1 aromatic rings. The predicted molar refractivity (Wildman–Crippen MR) is 88.5 cm³/mol. The van der Waals surface area contributed by atoms with Crippen LogP contribution in [0.3, 0.4) is 0 Å². The first-order valence-electron chi connectivity index (χ1n) is 7.94. The minimum Gasteiger partial charge on any atom is -0.426 e. The van der Waals surface area contributed by atoms with Gasteiger partial charge in [-0.3, -0.25) is 19.3 Å². The van der Waals surface area contributed by atoms with E-state index >= 15 is 0 Å². The highest BCUT2D eigenvalue weighted by molar-refractivity contribution is 6.30. The minimum absolute atomic E-state index is 0.0214. The first-order valence-corrected chi connectivity index (χ1v) is 8.32. The van der Waals surface area contributed by atoms with Gasteiger partial charge in [-0.05, 0) is 43.5 Å². The van der Waals surface area contributed by atoms with Crippen molar-refractivity contribution in [1.29, 1.82) is 0 Å². The number of benzene rings is 1. The van der Waals surface area contributed by atoms with E-state index in [2.05, 4.69) is 0 Å². The molecule has 1 aliphatic carbocycles. The monoisotopic (exact) mass is 347 g/mol. The summed E-state index contributed by atoms with van der Waals surface area (Å²) >= 11 is 5.87. The molecule has 1 fully saturated rings. The summed E-state index contributed by atoms with van der Waals surface area (Å²) in [7, 11) is 0. The number of carbonyl (C=O) groups is 3. The Morgan fingerprint density at radius 2 is 1.83 bits per heavy atom. The molecule has 2 aliphatic rings. The van der Waals surface area contributed by atoms with Crippen LogP contribution in [-0.4, -0.2) is 29.2 Å². The highest BCUT2D eigenvalue weighted by Gasteiger charge is 2.46. The number of hydrogen-bond donors (Lipinski definition) is 0. The van der Waals surface area contributed by atoms with Crippen LogP contribution in [0.4, 0.5) is 0 Å². The molecule has 1 saturated heterocycles. The Balaban J connectivity index is 1.58. The molecular weight excluding hydrogens is 330 g/mol. The lowest BCUT2D eigenvalue weighted by Gasteiger charge is -2.14. The molecule has 6 heteroatoms. The largest absolute Gasteiger partial charge is 0.426 e. The Bertz CT molecular complexity index is 702. The van der Waals surface area contributed by atoms with Crippen LogP contribution in [0.1, 0.15) is 24.8 Å². The van der Waals surface area contributed by atoms with Gasteiger partial charge in [0.05, 0.1) is 18.3 Å². The Kier molecular flexibility index (Phi) is 4.71. The summed E-state index contributed by atoms with van der Waals surface area (Å²) in [5.41, 5.74) is 0.751. The zero-order chi connectivity index (χ0) is 17.3. The average Bonchev–Trinajstić information content (AvgIpc) is 2.80. The molecular formula is C18H18ClNO4. The number of rotatable bonds is 4. The fourth-order valence-electron chi connectivity index (χ4n) is 3.19. The first kappa shape index (κ1) is 16.7. The number of allylic oxidation sites excluding steroid dienone is 2. The van der Waals surface area contributed by atoms with Crippen LogP contribution < -0.4 is 4.74 Å². The van der Waals surface area contributed by atoms with Gasteiger partial charge in [-0.2, -0.15) is 0 Å². The van der Waals surface area contributed by atoms with E-state index < -0.39 is 5.97 Å². The van der Waals surface area contributed by atoms with E-state index in [-0.39, 0.29) is 36.6 Å². The van der Waals surface area contributed by atoms with Gasteiger partial charge in [-0.15, -0.1) is 0 Å². The molecule has 0 unspecified atom stereocenters. The molecule has 2 atom stereocenters. The van der Waals surface area contributed by atoms with Crippen LogP contribution in [0, 0.1) is 18.8 Å². The summed E-state index contributed by atoms with van der Waals surface area (Å²) in [6.07, 6.45) is 5.05. The van der Waals surface area contributed by atoms with E-state index in [1.54, 1.807) is 25.1 Å². The first-order chi connectivity index (χ1) is 11.5. The Morgan fingerprint density at radius 1 is 1.21 bits per heavy atom. The number of hydrogen-bond acceptors (Lipinski definition) is 4. The molecule has 0 radical (unpaired) electrons. The van der Waals surface area contributed by atoms with Crippen molar-refractivity contribution in [2.24, 2.45) is 11.8 Å². The van der Waals surface area contributed by atoms with Crippen molar-refractivity contribution in [3.05, 3.63) is 40.9 Å². The SMILES string of the molecule is Cc1cc(Cl)ccc1OC(=O)CCN1C(=O)[C@H]2CC=CC[C@@H]2C1=O. The van der Waals surface area contributed by atoms with E-state index in [9.17, 15) is 14.4 Å². The van der Waals surface area contributed by atoms with E-state index in [0.29, 0.717) is 23.6 Å². The molecule has 0 bridgehead atoms. The number of nitrogens with zero attached hydrogens (tertiary/aromatic N) is 1. The van der Waals surface area contributed by atoms with Crippen LogP contribution in [0.5, 0.6) is 5.75 Å². The Morgan fingerprint density at radius 3 is 2.42 bits per heavy atom. The summed E-state index contributed by atoms with van der Waals surface area (Å²) < 4.78 is 5.29. The van der Waals surface area contributed by atoms with Gasteiger partial charge in [0.15, 0.2) is 0 Å². The number of amides is 2. The third kappa shape index (κ3) is 3.22. The summed E-state index contributed by atoms with van der Waals surface area (Å²) in [6.45, 7) is 1.86. The maximum Gasteiger partial charge on any atom is 0.313 e. The second-order valence-electron chi connectivity index (χ2n) is 6.12. The summed E-state index contributed by atoms with van der Waals surface area (Å²) in [5.74, 6) is -0.931. The van der Waals surface area contributed by atoms with E-state index in [1.807, 2.05) is 12.2 Å². The fourth-order valence-corrected chi connectivity index (χ4v) is 3.42. The summed E-state index contributed by atoms with van der Waals surface area (Å²) in [4.78, 5) is 37.9. The minimum atomic E-state index is -0.478. The van der Waals surface area contributed by atoms with Gasteiger partial charge in [0.25, 0.3) is 0 Å². The van der Waals surface area contributed by atoms with Gasteiger partial charge in [0.1, 0.15) is 5.75 Å². The van der Waals surface area contributed by atoms with Crippen molar-refractivity contribution in [2.75, 3.05) is 6.54 Å². The third-order valence-electron chi connectivity index (χ3n) is 4.50. The van der Waals surface area contributed by atoms with Crippen molar-refractivity contribution in [3.8, 4) is 5.75 Å². The second kappa shape index (κ2) is 6.77. The number of esters is 1. The molecule has 3 rings (SSSR count). The lowest BCUT2D eigenvalue weighted by Crippen LogP contribution is -2.33. The van der Waals surface area contributed by atoms with Gasteiger partial charge in [-0.1, -0.05) is 23.8 Å². The van der Waals surface area contributed by atoms with Crippen LogP contribution in [0.25, 0.3) is 0 Å². The second-order valence-corrected chi connectivity index (χ2v) is 6.55. The number of carbonyl (C=O) groups excluding carboxylic acids is 3. The maximum atomic E-state index is 12.3. The van der Waals surface area contributed by atoms with Crippen LogP contribution in [-0.2, 0) is 14.4 Å². The summed E-state index contributed by atoms with van der Waals surface area (Å²) in [6, 6.07) is 4.97. The molecule has 0 N–H and O–H groups in total. The molecule has 24 heavy (non-hydrogen) atoms. The topological polar surface area (TPSA) is 63.7 Å². The normalized spacial score (nSPS) is 22.7. The maximum absolute atomic E-state index is 12.3. The number of ether oxygens (including phenoxy) is 1. The fraction of sp³-hybridized carbons (Fsp3) is 0.389. The molecule has 5 nitrogen and oxygen atoms in total. The van der Waals surface area contributed by atoms with E-state index in [4.69, 9.17) is 16.3 Å². The van der Waals surface area contributed by atoms with Gasteiger partial charge in [0.2, 0.25) is 11.8 Å². The summed E-state index contributed by atoms with van der Waals surface area (Å²) in [5, 5.41) is 0.566. The highest BCUT2D eigenvalue weighted by Crippen LogP contribution is 2.35. The molecule has 0 spiro atoms. The van der Waals surface area contributed by atoms with Gasteiger partial charge < -0.3 is 4.74 Å². The van der Waals surface area contributed by atoms with Crippen molar-refractivity contribution >= 4 is 29.4 Å². The quantitative estimate of drug-likeness (QED) is 0.363. The van der Waals surface area contributed by atoms with Crippen LogP contribution in [0.15, 0.2) is 30.4 Å². The van der Waals surface area contributed by atoms with Gasteiger partial charge >= 0.3 is 5.97 Å². The standard InChI is InChI=1S/C18H18ClNO4/c1-11-10-12(19)6-7-15(11)24-16(21)8-9-20-17(22)13-4-2-3-5-14(13)18(20)23/h2-3,6-7,10,13-14H,4-5,8-9H2,1H3/t13-,14-/m0/s1. The van der Waals surface area contributed by atoms with Gasteiger partial charge in [-0.25, -0.2) is 0 Å². The van der Waals surface area contributed by atoms with E-state index in [1.165, 1.54) is 4.90 Å². The van der Waals surface area contributed by atoms with Crippen molar-refractivity contribution < 1.29 is 19.1 Å². The lowest BCUT2D eigenvalue weighted by atomic mass is 9.85. The highest BCUT2D eigenvalue weighted by atomic mass is 35.5. The lowest BCUT2D eigenvalue weighted by molar-refractivity contribution is -0.141. The number of fused-ring (bicyclic) bond motifs is 1. The molecule has 1 aliphatic heterocycles. The predicted octanol–water partition coefficient (Wildman–Crippen LogP) is 2.90. The molecule has 1 heterocycles. The average molecular weight is 348 g/mol. The van der Waals surface area contributed by atoms with Crippen LogP contribution in [0.2, 0.25) is 5.02 Å². The number of likely N-dealkylation sites (tertiary alicyclic amines) is 1. The Hall–Kier alpha value is -2.14. The van der Waals surface area contributed by atoms with Crippen molar-refractivity contribution in [2.45, 2.75) is 26.2 Å². The number of imide groups is 1. The van der Waals surface area contributed by atoms with Crippen LogP contribution >= 0.6 is 11.6 Å².